The van der Waals surface area contributed by atoms with Crippen molar-refractivity contribution in [3.63, 3.8) is 0 Å². The van der Waals surface area contributed by atoms with Gasteiger partial charge in [0.1, 0.15) is 6.54 Å². The van der Waals surface area contributed by atoms with Gasteiger partial charge in [-0.1, -0.05) is 24.7 Å². The Morgan fingerprint density at radius 1 is 1.57 bits per heavy atom. The molecule has 21 heavy (non-hydrogen) atoms. The molecule has 0 aromatic carbocycles. The topological polar surface area (TPSA) is 66.1 Å². The fourth-order valence-corrected chi connectivity index (χ4v) is 3.87. The first-order valence-corrected chi connectivity index (χ1v) is 8.20. The van der Waals surface area contributed by atoms with E-state index in [4.69, 9.17) is 5.26 Å². The standard InChI is InChI=1S/C15H21N3O2S/c1-3-11-5-6-12-13(9-11)21-15(20)18(12)10-14(19)17(2)8-4-7-16/h11H,3-6,8-10H2,1-2H3. The molecule has 1 aliphatic rings. The molecular weight excluding hydrogens is 286 g/mol. The quantitative estimate of drug-likeness (QED) is 0.833. The maximum absolute atomic E-state index is 12.1. The molecule has 1 unspecified atom stereocenters. The number of rotatable bonds is 5. The number of fused-ring (bicyclic) bond motifs is 1. The highest BCUT2D eigenvalue weighted by Gasteiger charge is 2.24. The second-order valence-electron chi connectivity index (χ2n) is 5.56. The van der Waals surface area contributed by atoms with E-state index in [0.717, 1.165) is 36.3 Å². The van der Waals surface area contributed by atoms with Crippen LogP contribution in [-0.4, -0.2) is 29.0 Å². The molecule has 0 aliphatic heterocycles. The Hall–Kier alpha value is -1.61. The van der Waals surface area contributed by atoms with E-state index in [-0.39, 0.29) is 17.3 Å². The van der Waals surface area contributed by atoms with Gasteiger partial charge in [0.05, 0.1) is 12.5 Å². The predicted octanol–water partition coefficient (Wildman–Crippen LogP) is 1.80. The smallest absolute Gasteiger partial charge is 0.308 e. The summed E-state index contributed by atoms with van der Waals surface area (Å²) in [5.74, 6) is 0.559. The minimum Gasteiger partial charge on any atom is -0.343 e. The van der Waals surface area contributed by atoms with E-state index >= 15 is 0 Å². The van der Waals surface area contributed by atoms with Crippen molar-refractivity contribution >= 4 is 17.2 Å². The number of hydrogen-bond donors (Lipinski definition) is 0. The third-order valence-corrected chi connectivity index (χ3v) is 5.24. The number of thiazole rings is 1. The monoisotopic (exact) mass is 307 g/mol. The summed E-state index contributed by atoms with van der Waals surface area (Å²) in [4.78, 5) is 26.9. The summed E-state index contributed by atoms with van der Waals surface area (Å²) in [6.07, 6.45) is 4.41. The molecule has 0 fully saturated rings. The number of likely N-dealkylation sites (N-methyl/N-ethyl adjacent to an activating group) is 1. The van der Waals surface area contributed by atoms with Gasteiger partial charge in [0, 0.05) is 24.2 Å². The van der Waals surface area contributed by atoms with Crippen molar-refractivity contribution in [2.24, 2.45) is 5.92 Å². The SMILES string of the molecule is CCC1CCc2c(sc(=O)n2CC(=O)N(C)CCC#N)C1. The second kappa shape index (κ2) is 6.90. The average molecular weight is 307 g/mol. The molecule has 1 aromatic rings. The molecule has 0 bridgehead atoms. The summed E-state index contributed by atoms with van der Waals surface area (Å²) in [6, 6.07) is 2.02. The van der Waals surface area contributed by atoms with Crippen LogP contribution in [0, 0.1) is 17.2 Å². The summed E-state index contributed by atoms with van der Waals surface area (Å²) in [6.45, 7) is 2.70. The third-order valence-electron chi connectivity index (χ3n) is 4.20. The zero-order valence-electron chi connectivity index (χ0n) is 12.6. The first-order chi connectivity index (χ1) is 10.1. The molecular formula is C15H21N3O2S. The number of nitriles is 1. The maximum Gasteiger partial charge on any atom is 0.308 e. The van der Waals surface area contributed by atoms with Crippen LogP contribution < -0.4 is 4.87 Å². The van der Waals surface area contributed by atoms with Crippen molar-refractivity contribution < 1.29 is 4.79 Å². The molecule has 0 N–H and O–H groups in total. The van der Waals surface area contributed by atoms with Crippen molar-refractivity contribution in [1.29, 1.82) is 5.26 Å². The van der Waals surface area contributed by atoms with Gasteiger partial charge in [0.15, 0.2) is 0 Å². The molecule has 114 valence electrons. The summed E-state index contributed by atoms with van der Waals surface area (Å²) in [5.41, 5.74) is 1.05. The zero-order chi connectivity index (χ0) is 15.4. The van der Waals surface area contributed by atoms with Crippen LogP contribution in [0.1, 0.15) is 36.8 Å². The number of carbonyl (C=O) groups is 1. The molecule has 0 radical (unpaired) electrons. The summed E-state index contributed by atoms with van der Waals surface area (Å²) in [7, 11) is 1.68. The molecule has 2 rings (SSSR count). The second-order valence-corrected chi connectivity index (χ2v) is 6.61. The van der Waals surface area contributed by atoms with Gasteiger partial charge >= 0.3 is 4.87 Å². The van der Waals surface area contributed by atoms with Gasteiger partial charge in [-0.15, -0.1) is 0 Å². The average Bonchev–Trinajstić information content (AvgIpc) is 2.79. The van der Waals surface area contributed by atoms with Gasteiger partial charge in [-0.05, 0) is 25.2 Å². The molecule has 1 aromatic heterocycles. The Bertz CT molecular complexity index is 611. The third kappa shape index (κ3) is 3.53. The van der Waals surface area contributed by atoms with Crippen molar-refractivity contribution in [2.75, 3.05) is 13.6 Å². The lowest BCUT2D eigenvalue weighted by atomic mass is 9.89. The highest BCUT2D eigenvalue weighted by Crippen LogP contribution is 2.29. The number of amides is 1. The summed E-state index contributed by atoms with van der Waals surface area (Å²) < 4.78 is 1.64. The van der Waals surface area contributed by atoms with Crippen LogP contribution in [0.25, 0.3) is 0 Å². The van der Waals surface area contributed by atoms with E-state index in [2.05, 4.69) is 6.92 Å². The molecule has 1 aliphatic carbocycles. The minimum absolute atomic E-state index is 0.0289. The largest absolute Gasteiger partial charge is 0.343 e. The van der Waals surface area contributed by atoms with Crippen LogP contribution in [0.5, 0.6) is 0 Å². The first-order valence-electron chi connectivity index (χ1n) is 7.39. The highest BCUT2D eigenvalue weighted by atomic mass is 32.1. The van der Waals surface area contributed by atoms with E-state index in [9.17, 15) is 9.59 Å². The molecule has 1 amide bonds. The van der Waals surface area contributed by atoms with E-state index < -0.39 is 0 Å². The predicted molar refractivity (Wildman–Crippen MR) is 82.3 cm³/mol. The van der Waals surface area contributed by atoms with Gasteiger partial charge in [-0.25, -0.2) is 0 Å². The van der Waals surface area contributed by atoms with Crippen molar-refractivity contribution in [3.8, 4) is 6.07 Å². The molecule has 1 heterocycles. The fraction of sp³-hybridized carbons (Fsp3) is 0.667. The lowest BCUT2D eigenvalue weighted by Gasteiger charge is -2.22. The lowest BCUT2D eigenvalue weighted by Crippen LogP contribution is -2.34. The molecule has 0 saturated carbocycles. The molecule has 1 atom stereocenters. The zero-order valence-corrected chi connectivity index (χ0v) is 13.4. The van der Waals surface area contributed by atoms with Gasteiger partial charge in [0.25, 0.3) is 0 Å². The highest BCUT2D eigenvalue weighted by molar-refractivity contribution is 7.09. The van der Waals surface area contributed by atoms with E-state index in [1.165, 1.54) is 16.2 Å². The van der Waals surface area contributed by atoms with Crippen LogP contribution in [-0.2, 0) is 24.2 Å². The van der Waals surface area contributed by atoms with Crippen molar-refractivity contribution in [3.05, 3.63) is 20.2 Å². The van der Waals surface area contributed by atoms with Gasteiger partial charge in [0.2, 0.25) is 5.91 Å². The van der Waals surface area contributed by atoms with Crippen LogP contribution in [0.2, 0.25) is 0 Å². The molecule has 0 spiro atoms. The van der Waals surface area contributed by atoms with Crippen LogP contribution >= 0.6 is 11.3 Å². The summed E-state index contributed by atoms with van der Waals surface area (Å²) >= 11 is 1.29. The molecule has 0 saturated heterocycles. The minimum atomic E-state index is -0.106. The Morgan fingerprint density at radius 2 is 2.33 bits per heavy atom. The summed E-state index contributed by atoms with van der Waals surface area (Å²) in [5, 5.41) is 8.56. The normalized spacial score (nSPS) is 17.1. The number of hydrogen-bond acceptors (Lipinski definition) is 4. The number of nitrogens with zero attached hydrogens (tertiary/aromatic N) is 3. The van der Waals surface area contributed by atoms with Crippen molar-refractivity contribution in [1.82, 2.24) is 9.47 Å². The Morgan fingerprint density at radius 3 is 3.00 bits per heavy atom. The number of carbonyl (C=O) groups excluding carboxylic acids is 1. The number of aromatic nitrogens is 1. The maximum atomic E-state index is 12.1. The van der Waals surface area contributed by atoms with E-state index in [0.29, 0.717) is 18.9 Å². The molecule has 6 heteroatoms. The van der Waals surface area contributed by atoms with E-state index in [1.807, 2.05) is 6.07 Å². The lowest BCUT2D eigenvalue weighted by molar-refractivity contribution is -0.130. The van der Waals surface area contributed by atoms with Crippen LogP contribution in [0.3, 0.4) is 0 Å². The van der Waals surface area contributed by atoms with Gasteiger partial charge in [-0.2, -0.15) is 5.26 Å². The fourth-order valence-electron chi connectivity index (χ4n) is 2.73. The van der Waals surface area contributed by atoms with Crippen molar-refractivity contribution in [2.45, 2.75) is 45.6 Å². The van der Waals surface area contributed by atoms with E-state index in [1.54, 1.807) is 11.6 Å². The Balaban J connectivity index is 2.12. The van der Waals surface area contributed by atoms with Crippen LogP contribution in [0.4, 0.5) is 0 Å². The molecule has 5 nitrogen and oxygen atoms in total. The Labute approximate surface area is 128 Å². The van der Waals surface area contributed by atoms with Gasteiger partial charge < -0.3 is 4.90 Å². The first kappa shape index (κ1) is 15.8. The van der Waals surface area contributed by atoms with Crippen LogP contribution in [0.15, 0.2) is 4.79 Å². The Kier molecular flexibility index (Phi) is 5.18. The van der Waals surface area contributed by atoms with Gasteiger partial charge in [-0.3, -0.25) is 14.2 Å².